The van der Waals surface area contributed by atoms with E-state index >= 15 is 0 Å². The molecule has 0 amide bonds. The zero-order valence-electron chi connectivity index (χ0n) is 8.59. The molecule has 14 heavy (non-hydrogen) atoms. The van der Waals surface area contributed by atoms with Crippen molar-refractivity contribution in [3.05, 3.63) is 29.3 Å². The van der Waals surface area contributed by atoms with Gasteiger partial charge in [-0.05, 0) is 31.6 Å². The molecule has 1 rings (SSSR count). The quantitative estimate of drug-likeness (QED) is 0.778. The molecule has 0 fully saturated rings. The summed E-state index contributed by atoms with van der Waals surface area (Å²) < 4.78 is 0. The highest BCUT2D eigenvalue weighted by atomic mass is 35.5. The van der Waals surface area contributed by atoms with Gasteiger partial charge < -0.3 is 5.32 Å². The Morgan fingerprint density at radius 2 is 2.14 bits per heavy atom. The maximum absolute atomic E-state index is 6.05. The summed E-state index contributed by atoms with van der Waals surface area (Å²) in [7, 11) is 1.98. The van der Waals surface area contributed by atoms with Crippen LogP contribution in [0.5, 0.6) is 0 Å². The van der Waals surface area contributed by atoms with Crippen LogP contribution in [0.4, 0.5) is 0 Å². The monoisotopic (exact) mass is 229 g/mol. The summed E-state index contributed by atoms with van der Waals surface area (Å²) in [5.41, 5.74) is 0. The van der Waals surface area contributed by atoms with E-state index in [0.717, 1.165) is 17.3 Å². The molecule has 78 valence electrons. The first kappa shape index (κ1) is 11.9. The molecule has 0 saturated carbocycles. The van der Waals surface area contributed by atoms with Gasteiger partial charge in [0.05, 0.1) is 5.02 Å². The van der Waals surface area contributed by atoms with Crippen molar-refractivity contribution in [3.8, 4) is 0 Å². The van der Waals surface area contributed by atoms with Crippen molar-refractivity contribution in [2.24, 2.45) is 5.92 Å². The van der Waals surface area contributed by atoms with Gasteiger partial charge in [-0.25, -0.2) is 0 Å². The molecule has 1 N–H and O–H groups in total. The third-order valence-electron chi connectivity index (χ3n) is 1.91. The Balaban J connectivity index is 2.41. The SMILES string of the molecule is CNCC(C)CSc1ccccc1Cl. The number of hydrogen-bond acceptors (Lipinski definition) is 2. The second kappa shape index (κ2) is 6.33. The number of hydrogen-bond donors (Lipinski definition) is 1. The molecule has 1 nitrogen and oxygen atoms in total. The second-order valence-electron chi connectivity index (χ2n) is 3.40. The lowest BCUT2D eigenvalue weighted by Crippen LogP contribution is -2.17. The summed E-state index contributed by atoms with van der Waals surface area (Å²) in [5, 5.41) is 4.03. The van der Waals surface area contributed by atoms with Crippen molar-refractivity contribution in [1.29, 1.82) is 0 Å². The summed E-state index contributed by atoms with van der Waals surface area (Å²) in [5.74, 6) is 1.77. The van der Waals surface area contributed by atoms with Gasteiger partial charge in [0, 0.05) is 10.6 Å². The van der Waals surface area contributed by atoms with E-state index in [1.165, 1.54) is 4.90 Å². The molecule has 0 aliphatic heterocycles. The first-order valence-electron chi connectivity index (χ1n) is 4.76. The van der Waals surface area contributed by atoms with E-state index in [1.807, 2.05) is 37.0 Å². The van der Waals surface area contributed by atoms with Crippen molar-refractivity contribution in [1.82, 2.24) is 5.32 Å². The molecular formula is C11H16ClNS. The van der Waals surface area contributed by atoms with E-state index in [9.17, 15) is 0 Å². The lowest BCUT2D eigenvalue weighted by atomic mass is 10.2. The smallest absolute Gasteiger partial charge is 0.0541 e. The average Bonchev–Trinajstić information content (AvgIpc) is 2.17. The number of rotatable bonds is 5. The average molecular weight is 230 g/mol. The van der Waals surface area contributed by atoms with Crippen LogP contribution in [0.25, 0.3) is 0 Å². The molecule has 0 aromatic heterocycles. The van der Waals surface area contributed by atoms with Crippen LogP contribution in [0.3, 0.4) is 0 Å². The van der Waals surface area contributed by atoms with Crippen molar-refractivity contribution < 1.29 is 0 Å². The van der Waals surface area contributed by atoms with Crippen LogP contribution in [0, 0.1) is 5.92 Å². The minimum atomic E-state index is 0.668. The van der Waals surface area contributed by atoms with E-state index in [0.29, 0.717) is 5.92 Å². The van der Waals surface area contributed by atoms with Gasteiger partial charge in [0.25, 0.3) is 0 Å². The lowest BCUT2D eigenvalue weighted by molar-refractivity contribution is 0.603. The molecule has 0 bridgehead atoms. The summed E-state index contributed by atoms with van der Waals surface area (Å²) in [6.45, 7) is 3.29. The van der Waals surface area contributed by atoms with Crippen molar-refractivity contribution in [2.45, 2.75) is 11.8 Å². The Kier molecular flexibility index (Phi) is 5.38. The molecule has 1 aromatic carbocycles. The number of halogens is 1. The Morgan fingerprint density at radius 3 is 2.79 bits per heavy atom. The van der Waals surface area contributed by atoms with E-state index in [1.54, 1.807) is 0 Å². The fraction of sp³-hybridized carbons (Fsp3) is 0.455. The fourth-order valence-corrected chi connectivity index (χ4v) is 2.46. The van der Waals surface area contributed by atoms with Crippen LogP contribution in [-0.2, 0) is 0 Å². The molecule has 1 aromatic rings. The van der Waals surface area contributed by atoms with E-state index < -0.39 is 0 Å². The number of thioether (sulfide) groups is 1. The van der Waals surface area contributed by atoms with Crippen molar-refractivity contribution in [2.75, 3.05) is 19.3 Å². The van der Waals surface area contributed by atoms with Crippen molar-refractivity contribution in [3.63, 3.8) is 0 Å². The standard InChI is InChI=1S/C11H16ClNS/c1-9(7-13-2)8-14-11-6-4-3-5-10(11)12/h3-6,9,13H,7-8H2,1-2H3. The fourth-order valence-electron chi connectivity index (χ4n) is 1.20. The summed E-state index contributed by atoms with van der Waals surface area (Å²) in [4.78, 5) is 1.18. The van der Waals surface area contributed by atoms with Crippen LogP contribution in [0.1, 0.15) is 6.92 Å². The molecule has 0 saturated heterocycles. The van der Waals surface area contributed by atoms with Gasteiger partial charge in [-0.2, -0.15) is 0 Å². The van der Waals surface area contributed by atoms with Gasteiger partial charge in [-0.15, -0.1) is 11.8 Å². The highest BCUT2D eigenvalue weighted by Gasteiger charge is 2.03. The minimum absolute atomic E-state index is 0.668. The largest absolute Gasteiger partial charge is 0.319 e. The first-order chi connectivity index (χ1) is 6.74. The van der Waals surface area contributed by atoms with Crippen molar-refractivity contribution >= 4 is 23.4 Å². The van der Waals surface area contributed by atoms with Gasteiger partial charge in [0.15, 0.2) is 0 Å². The molecule has 0 heterocycles. The van der Waals surface area contributed by atoms with Crippen LogP contribution < -0.4 is 5.32 Å². The van der Waals surface area contributed by atoms with Crippen LogP contribution in [-0.4, -0.2) is 19.3 Å². The zero-order valence-corrected chi connectivity index (χ0v) is 10.2. The topological polar surface area (TPSA) is 12.0 Å². The summed E-state index contributed by atoms with van der Waals surface area (Å²) >= 11 is 7.87. The predicted octanol–water partition coefficient (Wildman–Crippen LogP) is 3.29. The van der Waals surface area contributed by atoms with Crippen LogP contribution in [0.15, 0.2) is 29.2 Å². The Labute approximate surface area is 95.2 Å². The normalized spacial score (nSPS) is 12.8. The molecule has 0 aliphatic rings. The van der Waals surface area contributed by atoms with Crippen LogP contribution in [0.2, 0.25) is 5.02 Å². The van der Waals surface area contributed by atoms with Gasteiger partial charge in [-0.1, -0.05) is 30.7 Å². The van der Waals surface area contributed by atoms with E-state index in [-0.39, 0.29) is 0 Å². The highest BCUT2D eigenvalue weighted by Crippen LogP contribution is 2.27. The lowest BCUT2D eigenvalue weighted by Gasteiger charge is -2.10. The summed E-state index contributed by atoms with van der Waals surface area (Å²) in [6, 6.07) is 7.99. The first-order valence-corrected chi connectivity index (χ1v) is 6.12. The highest BCUT2D eigenvalue weighted by molar-refractivity contribution is 7.99. The second-order valence-corrected chi connectivity index (χ2v) is 4.87. The number of benzene rings is 1. The van der Waals surface area contributed by atoms with Gasteiger partial charge in [0.2, 0.25) is 0 Å². The summed E-state index contributed by atoms with van der Waals surface area (Å²) in [6.07, 6.45) is 0. The molecule has 0 aliphatic carbocycles. The maximum Gasteiger partial charge on any atom is 0.0541 e. The third-order valence-corrected chi connectivity index (χ3v) is 3.76. The zero-order chi connectivity index (χ0) is 10.4. The molecule has 1 atom stereocenters. The Morgan fingerprint density at radius 1 is 1.43 bits per heavy atom. The maximum atomic E-state index is 6.05. The van der Waals surface area contributed by atoms with E-state index in [2.05, 4.69) is 18.3 Å². The van der Waals surface area contributed by atoms with Crippen LogP contribution >= 0.6 is 23.4 Å². The Hall–Kier alpha value is -0.180. The van der Waals surface area contributed by atoms with E-state index in [4.69, 9.17) is 11.6 Å². The molecular weight excluding hydrogens is 214 g/mol. The van der Waals surface area contributed by atoms with Gasteiger partial charge in [0.1, 0.15) is 0 Å². The molecule has 0 spiro atoms. The Bertz CT molecular complexity index is 278. The van der Waals surface area contributed by atoms with Gasteiger partial charge in [-0.3, -0.25) is 0 Å². The third kappa shape index (κ3) is 3.91. The molecule has 3 heteroatoms. The predicted molar refractivity (Wildman–Crippen MR) is 65.3 cm³/mol. The number of nitrogens with one attached hydrogen (secondary N) is 1. The molecule has 1 unspecified atom stereocenters. The van der Waals surface area contributed by atoms with Gasteiger partial charge >= 0.3 is 0 Å². The molecule has 0 radical (unpaired) electrons. The minimum Gasteiger partial charge on any atom is -0.319 e.